The van der Waals surface area contributed by atoms with Crippen molar-refractivity contribution in [2.24, 2.45) is 0 Å². The van der Waals surface area contributed by atoms with Crippen molar-refractivity contribution in [3.8, 4) is 0 Å². The van der Waals surface area contributed by atoms with E-state index in [4.69, 9.17) is 9.84 Å². The van der Waals surface area contributed by atoms with E-state index >= 15 is 0 Å². The number of carboxylic acids is 1. The molecule has 0 atom stereocenters. The van der Waals surface area contributed by atoms with Crippen LogP contribution in [0, 0.1) is 0 Å². The van der Waals surface area contributed by atoms with Crippen LogP contribution in [-0.2, 0) is 15.1 Å². The van der Waals surface area contributed by atoms with E-state index in [1.807, 2.05) is 32.3 Å². The fourth-order valence-corrected chi connectivity index (χ4v) is 2.26. The van der Waals surface area contributed by atoms with Crippen molar-refractivity contribution in [2.45, 2.75) is 44.5 Å². The van der Waals surface area contributed by atoms with Gasteiger partial charge in [0, 0.05) is 13.2 Å². The number of rotatable bonds is 6. The fourth-order valence-electron chi connectivity index (χ4n) is 1.47. The zero-order chi connectivity index (χ0) is 13.9. The van der Waals surface area contributed by atoms with Crippen molar-refractivity contribution in [1.82, 2.24) is 14.8 Å². The molecule has 0 saturated heterocycles. The summed E-state index contributed by atoms with van der Waals surface area (Å²) in [4.78, 5) is 10.6. The van der Waals surface area contributed by atoms with Crippen LogP contribution < -0.4 is 0 Å². The highest BCUT2D eigenvalue weighted by Crippen LogP contribution is 2.29. The molecule has 6 nitrogen and oxygen atoms in total. The normalized spacial score (nSPS) is 12.1. The van der Waals surface area contributed by atoms with Gasteiger partial charge in [-0.05, 0) is 27.7 Å². The number of aliphatic carboxylic acids is 1. The molecular weight excluding hydrogens is 254 g/mol. The molecule has 1 heterocycles. The minimum Gasteiger partial charge on any atom is -0.481 e. The van der Waals surface area contributed by atoms with Crippen molar-refractivity contribution in [3.05, 3.63) is 5.82 Å². The van der Waals surface area contributed by atoms with Gasteiger partial charge in [0.05, 0.1) is 5.75 Å². The maximum absolute atomic E-state index is 10.6. The lowest BCUT2D eigenvalue weighted by Gasteiger charge is -2.24. The smallest absolute Gasteiger partial charge is 0.313 e. The van der Waals surface area contributed by atoms with Gasteiger partial charge in [0.1, 0.15) is 5.60 Å². The van der Waals surface area contributed by atoms with Crippen LogP contribution in [0.4, 0.5) is 0 Å². The van der Waals surface area contributed by atoms with Crippen LogP contribution in [0.25, 0.3) is 0 Å². The fraction of sp³-hybridized carbons (Fsp3) is 0.727. The van der Waals surface area contributed by atoms with Crippen LogP contribution in [0.5, 0.6) is 0 Å². The Morgan fingerprint density at radius 3 is 2.56 bits per heavy atom. The van der Waals surface area contributed by atoms with Crippen LogP contribution in [0.3, 0.4) is 0 Å². The number of ether oxygens (including phenoxy) is 1. The van der Waals surface area contributed by atoms with Gasteiger partial charge in [-0.15, -0.1) is 10.2 Å². The molecule has 18 heavy (non-hydrogen) atoms. The monoisotopic (exact) mass is 273 g/mol. The van der Waals surface area contributed by atoms with Gasteiger partial charge in [-0.2, -0.15) is 0 Å². The lowest BCUT2D eigenvalue weighted by atomic mass is 10.1. The number of aromatic nitrogens is 3. The van der Waals surface area contributed by atoms with E-state index < -0.39 is 11.6 Å². The molecule has 1 N–H and O–H groups in total. The molecule has 0 saturated carbocycles. The van der Waals surface area contributed by atoms with E-state index in [9.17, 15) is 4.79 Å². The third-order valence-electron chi connectivity index (χ3n) is 2.55. The largest absolute Gasteiger partial charge is 0.481 e. The third-order valence-corrected chi connectivity index (χ3v) is 3.48. The Labute approximate surface area is 111 Å². The second-order valence-electron chi connectivity index (χ2n) is 4.67. The quantitative estimate of drug-likeness (QED) is 0.798. The van der Waals surface area contributed by atoms with Crippen LogP contribution in [0.1, 0.15) is 39.6 Å². The van der Waals surface area contributed by atoms with Crippen LogP contribution >= 0.6 is 11.8 Å². The molecule has 1 rings (SSSR count). The predicted molar refractivity (Wildman–Crippen MR) is 68.8 cm³/mol. The van der Waals surface area contributed by atoms with Gasteiger partial charge < -0.3 is 14.4 Å². The first-order chi connectivity index (χ1) is 8.29. The number of hydrogen-bond donors (Lipinski definition) is 1. The molecule has 7 heteroatoms. The summed E-state index contributed by atoms with van der Waals surface area (Å²) in [7, 11) is 1.61. The Hall–Kier alpha value is -1.08. The standard InChI is InChI=1S/C11H19N3O3S/c1-7(2)14-9(11(3,4)17-5)12-13-10(14)18-6-8(15)16/h7H,6H2,1-5H3,(H,15,16). The summed E-state index contributed by atoms with van der Waals surface area (Å²) in [6.45, 7) is 7.82. The second-order valence-corrected chi connectivity index (χ2v) is 5.61. The number of carboxylic acid groups (broad SMARTS) is 1. The summed E-state index contributed by atoms with van der Waals surface area (Å²) in [6.07, 6.45) is 0. The first-order valence-electron chi connectivity index (χ1n) is 5.64. The van der Waals surface area contributed by atoms with Crippen molar-refractivity contribution < 1.29 is 14.6 Å². The van der Waals surface area contributed by atoms with E-state index in [1.165, 1.54) is 11.8 Å². The molecule has 0 aliphatic heterocycles. The van der Waals surface area contributed by atoms with Gasteiger partial charge in [0.15, 0.2) is 11.0 Å². The van der Waals surface area contributed by atoms with Gasteiger partial charge in [-0.1, -0.05) is 11.8 Å². The van der Waals surface area contributed by atoms with Crippen molar-refractivity contribution in [2.75, 3.05) is 12.9 Å². The maximum atomic E-state index is 10.6. The van der Waals surface area contributed by atoms with Gasteiger partial charge in [-0.3, -0.25) is 4.79 Å². The summed E-state index contributed by atoms with van der Waals surface area (Å²) in [5.41, 5.74) is -0.556. The Morgan fingerprint density at radius 1 is 1.50 bits per heavy atom. The molecule has 102 valence electrons. The maximum Gasteiger partial charge on any atom is 0.313 e. The lowest BCUT2D eigenvalue weighted by molar-refractivity contribution is -0.133. The molecule has 0 aliphatic rings. The van der Waals surface area contributed by atoms with E-state index in [-0.39, 0.29) is 11.8 Å². The van der Waals surface area contributed by atoms with Crippen molar-refractivity contribution in [1.29, 1.82) is 0 Å². The van der Waals surface area contributed by atoms with E-state index in [0.29, 0.717) is 11.0 Å². The minimum atomic E-state index is -0.870. The highest BCUT2D eigenvalue weighted by Gasteiger charge is 2.29. The van der Waals surface area contributed by atoms with Crippen molar-refractivity contribution >= 4 is 17.7 Å². The molecule has 1 aromatic heterocycles. The SMILES string of the molecule is COC(C)(C)c1nnc(SCC(=O)O)n1C(C)C. The Kier molecular flexibility index (Phi) is 4.75. The van der Waals surface area contributed by atoms with E-state index in [0.717, 1.165) is 0 Å². The first kappa shape index (κ1) is 15.0. The van der Waals surface area contributed by atoms with E-state index in [2.05, 4.69) is 10.2 Å². The topological polar surface area (TPSA) is 77.2 Å². The molecule has 0 aromatic carbocycles. The molecule has 0 fully saturated rings. The van der Waals surface area contributed by atoms with Gasteiger partial charge in [0.25, 0.3) is 0 Å². The molecule has 0 spiro atoms. The average molecular weight is 273 g/mol. The van der Waals surface area contributed by atoms with Crippen LogP contribution in [0.2, 0.25) is 0 Å². The molecule has 0 aliphatic carbocycles. The number of methoxy groups -OCH3 is 1. The molecule has 1 aromatic rings. The highest BCUT2D eigenvalue weighted by molar-refractivity contribution is 7.99. The zero-order valence-electron chi connectivity index (χ0n) is 11.3. The zero-order valence-corrected chi connectivity index (χ0v) is 12.1. The number of nitrogens with zero attached hydrogens (tertiary/aromatic N) is 3. The molecule has 0 unspecified atom stereocenters. The minimum absolute atomic E-state index is 0.0295. The van der Waals surface area contributed by atoms with Crippen molar-refractivity contribution in [3.63, 3.8) is 0 Å². The lowest BCUT2D eigenvalue weighted by Crippen LogP contribution is -2.26. The number of carbonyl (C=O) groups is 1. The Balaban J connectivity index is 3.11. The summed E-state index contributed by atoms with van der Waals surface area (Å²) in [5.74, 6) is -0.197. The summed E-state index contributed by atoms with van der Waals surface area (Å²) in [6, 6.07) is 0.140. The average Bonchev–Trinajstić information content (AvgIpc) is 2.70. The van der Waals surface area contributed by atoms with E-state index in [1.54, 1.807) is 7.11 Å². The first-order valence-corrected chi connectivity index (χ1v) is 6.63. The summed E-state index contributed by atoms with van der Waals surface area (Å²) in [5, 5.41) is 17.5. The number of thioether (sulfide) groups is 1. The van der Waals surface area contributed by atoms with Gasteiger partial charge in [-0.25, -0.2) is 0 Å². The molecule has 0 radical (unpaired) electrons. The molecular formula is C11H19N3O3S. The van der Waals surface area contributed by atoms with Gasteiger partial charge >= 0.3 is 5.97 Å². The number of hydrogen-bond acceptors (Lipinski definition) is 5. The highest BCUT2D eigenvalue weighted by atomic mass is 32.2. The molecule has 0 bridgehead atoms. The Bertz CT molecular complexity index is 429. The molecule has 0 amide bonds. The second kappa shape index (κ2) is 5.71. The summed E-state index contributed by atoms with van der Waals surface area (Å²) >= 11 is 1.17. The van der Waals surface area contributed by atoms with Gasteiger partial charge in [0.2, 0.25) is 0 Å². The Morgan fingerprint density at radius 2 is 2.11 bits per heavy atom. The third kappa shape index (κ3) is 3.23. The van der Waals surface area contributed by atoms with Crippen LogP contribution in [-0.4, -0.2) is 38.7 Å². The predicted octanol–water partition coefficient (Wildman–Crippen LogP) is 1.92. The summed E-state index contributed by atoms with van der Waals surface area (Å²) < 4.78 is 7.32. The van der Waals surface area contributed by atoms with Crippen LogP contribution in [0.15, 0.2) is 5.16 Å².